The smallest absolute Gasteiger partial charge is 0.123 e. The van der Waals surface area contributed by atoms with Gasteiger partial charge in [-0.2, -0.15) is 0 Å². The van der Waals surface area contributed by atoms with Crippen molar-refractivity contribution in [2.75, 3.05) is 0 Å². The Morgan fingerprint density at radius 2 is 2.00 bits per heavy atom. The Bertz CT molecular complexity index is 186. The summed E-state index contributed by atoms with van der Waals surface area (Å²) in [6.07, 6.45) is 1.23. The van der Waals surface area contributed by atoms with Crippen LogP contribution >= 0.6 is 11.8 Å². The monoisotopic (exact) mass is 158 g/mol. The Balaban J connectivity index is 4.12. The van der Waals surface area contributed by atoms with Gasteiger partial charge in [0.05, 0.1) is 9.93 Å². The molecule has 0 aromatic heterocycles. The van der Waals surface area contributed by atoms with Gasteiger partial charge < -0.3 is 16.6 Å². The average molecular weight is 158 g/mol. The van der Waals surface area contributed by atoms with Crippen molar-refractivity contribution in [1.29, 1.82) is 0 Å². The molecule has 10 heavy (non-hydrogen) atoms. The second kappa shape index (κ2) is 3.90. The summed E-state index contributed by atoms with van der Waals surface area (Å²) in [4.78, 5) is 0.424. The molecule has 0 bridgehead atoms. The van der Waals surface area contributed by atoms with Crippen molar-refractivity contribution in [2.24, 2.45) is 11.5 Å². The number of aliphatic hydroxyl groups is 1. The minimum atomic E-state index is -0.0981. The maximum Gasteiger partial charge on any atom is 0.123 e. The first-order chi connectivity index (χ1) is 4.57. The Hall–Kier alpha value is -1.03. The van der Waals surface area contributed by atoms with Crippen molar-refractivity contribution in [3.63, 3.8) is 0 Å². The van der Waals surface area contributed by atoms with Crippen LogP contribution in [0.25, 0.3) is 0 Å². The highest BCUT2D eigenvalue weighted by Gasteiger charge is 2.00. The number of nitrogens with two attached hydrogens (primary N) is 2. The first-order valence-electron chi connectivity index (χ1n) is 2.50. The fourth-order valence-electron chi connectivity index (χ4n) is 0.330. The molecule has 0 rings (SSSR count). The maximum absolute atomic E-state index is 8.80. The molecular formula is C6H10N2OS. The van der Waals surface area contributed by atoms with E-state index in [2.05, 4.69) is 13.2 Å². The van der Waals surface area contributed by atoms with Crippen LogP contribution in [0.15, 0.2) is 35.1 Å². The van der Waals surface area contributed by atoms with Gasteiger partial charge in [0.25, 0.3) is 0 Å². The Kier molecular flexibility index (Phi) is 3.49. The van der Waals surface area contributed by atoms with Crippen molar-refractivity contribution in [2.45, 2.75) is 0 Å². The van der Waals surface area contributed by atoms with Crippen LogP contribution in [-0.2, 0) is 0 Å². The Labute approximate surface area is 64.1 Å². The molecule has 0 radical (unpaired) electrons. The minimum absolute atomic E-state index is 0.0981. The van der Waals surface area contributed by atoms with Crippen LogP contribution in [0.4, 0.5) is 0 Å². The predicted molar refractivity (Wildman–Crippen MR) is 45.0 cm³/mol. The summed E-state index contributed by atoms with van der Waals surface area (Å²) < 4.78 is 0. The van der Waals surface area contributed by atoms with E-state index < -0.39 is 0 Å². The molecule has 0 aliphatic carbocycles. The maximum atomic E-state index is 8.80. The van der Waals surface area contributed by atoms with Crippen LogP contribution in [0.5, 0.6) is 0 Å². The zero-order chi connectivity index (χ0) is 8.15. The van der Waals surface area contributed by atoms with Gasteiger partial charge in [-0.3, -0.25) is 0 Å². The van der Waals surface area contributed by atoms with Gasteiger partial charge in [-0.25, -0.2) is 0 Å². The molecule has 3 nitrogen and oxygen atoms in total. The molecule has 0 spiro atoms. The minimum Gasteiger partial charge on any atom is -0.507 e. The summed E-state index contributed by atoms with van der Waals surface area (Å²) in [5, 5.41) is 9.17. The third-order valence-electron chi connectivity index (χ3n) is 0.677. The molecular weight excluding hydrogens is 148 g/mol. The number of hydrogen-bond donors (Lipinski definition) is 3. The fourth-order valence-corrected chi connectivity index (χ4v) is 0.799. The van der Waals surface area contributed by atoms with E-state index in [0.29, 0.717) is 9.93 Å². The predicted octanol–water partition coefficient (Wildman–Crippen LogP) is 1.02. The second-order valence-corrected chi connectivity index (χ2v) is 2.71. The van der Waals surface area contributed by atoms with Crippen molar-refractivity contribution in [3.05, 3.63) is 35.1 Å². The van der Waals surface area contributed by atoms with Gasteiger partial charge in [0, 0.05) is 6.20 Å². The topological polar surface area (TPSA) is 72.3 Å². The SMILES string of the molecule is C=C(N)S/C(=C\N)C(=C)O. The quantitative estimate of drug-likeness (QED) is 0.423. The van der Waals surface area contributed by atoms with Gasteiger partial charge in [-0.05, 0) is 0 Å². The summed E-state index contributed by atoms with van der Waals surface area (Å²) in [5.74, 6) is -0.0981. The third kappa shape index (κ3) is 3.09. The first kappa shape index (κ1) is 8.97. The highest BCUT2D eigenvalue weighted by atomic mass is 32.2. The molecule has 4 heteroatoms. The number of hydrogen-bond acceptors (Lipinski definition) is 4. The lowest BCUT2D eigenvalue weighted by Gasteiger charge is -2.01. The van der Waals surface area contributed by atoms with Crippen LogP contribution in [0.1, 0.15) is 0 Å². The zero-order valence-electron chi connectivity index (χ0n) is 5.50. The van der Waals surface area contributed by atoms with E-state index in [0.717, 1.165) is 11.8 Å². The van der Waals surface area contributed by atoms with Crippen molar-refractivity contribution in [3.8, 4) is 0 Å². The fraction of sp³-hybridized carbons (Fsp3) is 0. The van der Waals surface area contributed by atoms with Gasteiger partial charge in [-0.1, -0.05) is 24.9 Å². The Morgan fingerprint density at radius 1 is 1.50 bits per heavy atom. The summed E-state index contributed by atoms with van der Waals surface area (Å²) in [7, 11) is 0. The van der Waals surface area contributed by atoms with E-state index in [-0.39, 0.29) is 5.76 Å². The molecule has 0 aliphatic rings. The van der Waals surface area contributed by atoms with Crippen LogP contribution in [0, 0.1) is 0 Å². The lowest BCUT2D eigenvalue weighted by molar-refractivity contribution is 0.432. The highest BCUT2D eigenvalue weighted by molar-refractivity contribution is 8.06. The molecule has 0 aromatic carbocycles. The first-order valence-corrected chi connectivity index (χ1v) is 3.32. The van der Waals surface area contributed by atoms with E-state index in [1.54, 1.807) is 0 Å². The second-order valence-electron chi connectivity index (χ2n) is 1.55. The normalized spacial score (nSPS) is 11.0. The van der Waals surface area contributed by atoms with Gasteiger partial charge in [-0.15, -0.1) is 0 Å². The lowest BCUT2D eigenvalue weighted by atomic mass is 10.5. The van der Waals surface area contributed by atoms with E-state index >= 15 is 0 Å². The van der Waals surface area contributed by atoms with E-state index in [1.807, 2.05) is 0 Å². The van der Waals surface area contributed by atoms with E-state index in [9.17, 15) is 0 Å². The summed E-state index contributed by atoms with van der Waals surface area (Å²) >= 11 is 1.08. The molecule has 0 saturated heterocycles. The molecule has 0 unspecified atom stereocenters. The van der Waals surface area contributed by atoms with Crippen molar-refractivity contribution >= 4 is 11.8 Å². The van der Waals surface area contributed by atoms with Gasteiger partial charge in [0.2, 0.25) is 0 Å². The molecule has 5 N–H and O–H groups in total. The number of rotatable bonds is 3. The molecule has 0 saturated carbocycles. The van der Waals surface area contributed by atoms with E-state index in [1.165, 1.54) is 6.20 Å². The molecule has 56 valence electrons. The van der Waals surface area contributed by atoms with Crippen LogP contribution in [0.2, 0.25) is 0 Å². The van der Waals surface area contributed by atoms with Crippen LogP contribution < -0.4 is 11.5 Å². The number of thioether (sulfide) groups is 1. The average Bonchev–Trinajstić information content (AvgIpc) is 1.81. The van der Waals surface area contributed by atoms with Crippen molar-refractivity contribution in [1.82, 2.24) is 0 Å². The molecule has 0 heterocycles. The molecule has 0 atom stereocenters. The standard InChI is InChI=1S/C6H10N2OS/c1-4(9)6(3-7)10-5(2)8/h3,9H,1-2,7-8H2/b6-3-. The number of aliphatic hydroxyl groups excluding tert-OH is 1. The third-order valence-corrected chi connectivity index (χ3v) is 1.53. The molecule has 0 amide bonds. The van der Waals surface area contributed by atoms with Crippen LogP contribution in [0.3, 0.4) is 0 Å². The summed E-state index contributed by atoms with van der Waals surface area (Å²) in [6, 6.07) is 0. The lowest BCUT2D eigenvalue weighted by Crippen LogP contribution is -1.93. The van der Waals surface area contributed by atoms with Gasteiger partial charge in [0.1, 0.15) is 5.76 Å². The largest absolute Gasteiger partial charge is 0.507 e. The zero-order valence-corrected chi connectivity index (χ0v) is 6.32. The van der Waals surface area contributed by atoms with E-state index in [4.69, 9.17) is 16.6 Å². The highest BCUT2D eigenvalue weighted by Crippen LogP contribution is 2.23. The van der Waals surface area contributed by atoms with Gasteiger partial charge in [0.15, 0.2) is 0 Å². The summed E-state index contributed by atoms with van der Waals surface area (Å²) in [6.45, 7) is 6.69. The Morgan fingerprint density at radius 3 is 2.10 bits per heavy atom. The van der Waals surface area contributed by atoms with Crippen LogP contribution in [-0.4, -0.2) is 5.11 Å². The van der Waals surface area contributed by atoms with Crippen molar-refractivity contribution < 1.29 is 5.11 Å². The molecule has 0 aromatic rings. The molecule has 0 fully saturated rings. The molecule has 0 aliphatic heterocycles. The summed E-state index contributed by atoms with van der Waals surface area (Å²) in [5.41, 5.74) is 10.3. The van der Waals surface area contributed by atoms with Gasteiger partial charge >= 0.3 is 0 Å².